The number of urea groups is 1. The molecule has 1 aromatic heterocycles. The van der Waals surface area contributed by atoms with Gasteiger partial charge in [-0.25, -0.2) is 9.48 Å². The fourth-order valence-corrected chi connectivity index (χ4v) is 4.59. The molecule has 1 aliphatic carbocycles. The molecule has 162 valence electrons. The first-order valence-electron chi connectivity index (χ1n) is 10.8. The molecular weight excluding hydrogens is 420 g/mol. The first-order chi connectivity index (χ1) is 14.6. The second kappa shape index (κ2) is 9.94. The highest BCUT2D eigenvalue weighted by Crippen LogP contribution is 2.19. The summed E-state index contributed by atoms with van der Waals surface area (Å²) in [4.78, 5) is 19.1. The van der Waals surface area contributed by atoms with Gasteiger partial charge in [0.05, 0.1) is 6.67 Å². The topological polar surface area (TPSA) is 78.0 Å². The number of aromatic nitrogens is 3. The summed E-state index contributed by atoms with van der Waals surface area (Å²) in [7, 11) is 0. The van der Waals surface area contributed by atoms with Gasteiger partial charge in [-0.15, -0.1) is 0 Å². The Labute approximate surface area is 187 Å². The molecule has 3 N–H and O–H groups in total. The van der Waals surface area contributed by atoms with E-state index in [1.807, 2.05) is 28.9 Å². The van der Waals surface area contributed by atoms with Crippen molar-refractivity contribution < 1.29 is 4.79 Å². The molecule has 1 saturated heterocycles. The smallest absolute Gasteiger partial charge is 0.315 e. The molecule has 30 heavy (non-hydrogen) atoms. The van der Waals surface area contributed by atoms with Crippen LogP contribution < -0.4 is 10.6 Å². The minimum atomic E-state index is -0.0104. The highest BCUT2D eigenvalue weighted by molar-refractivity contribution is 7.71. The lowest BCUT2D eigenvalue weighted by molar-refractivity contribution is 0.151. The first kappa shape index (κ1) is 21.3. The van der Waals surface area contributed by atoms with E-state index in [-0.39, 0.29) is 12.1 Å². The molecule has 2 amide bonds. The second-order valence-electron chi connectivity index (χ2n) is 8.28. The molecule has 0 atom stereocenters. The third kappa shape index (κ3) is 5.62. The van der Waals surface area contributed by atoms with Crippen LogP contribution in [0.3, 0.4) is 0 Å². The molecule has 9 heteroatoms. The van der Waals surface area contributed by atoms with Crippen LogP contribution in [0.5, 0.6) is 0 Å². The van der Waals surface area contributed by atoms with Gasteiger partial charge >= 0.3 is 6.03 Å². The van der Waals surface area contributed by atoms with Gasteiger partial charge in [0.1, 0.15) is 0 Å². The van der Waals surface area contributed by atoms with Gasteiger partial charge in [0.15, 0.2) is 5.82 Å². The highest BCUT2D eigenvalue weighted by atomic mass is 35.5. The molecule has 2 fully saturated rings. The number of H-pyrrole nitrogens is 1. The zero-order valence-corrected chi connectivity index (χ0v) is 18.6. The Hall–Kier alpha value is -1.90. The number of carbonyl (C=O) groups is 1. The normalized spacial score (nSPS) is 19.0. The van der Waals surface area contributed by atoms with Gasteiger partial charge in [-0.2, -0.15) is 4.98 Å². The maximum atomic E-state index is 12.3. The summed E-state index contributed by atoms with van der Waals surface area (Å²) in [5.41, 5.74) is 0.955. The maximum absolute atomic E-state index is 12.3. The maximum Gasteiger partial charge on any atom is 0.315 e. The molecule has 0 radical (unpaired) electrons. The number of likely N-dealkylation sites (tertiary alicyclic amines) is 1. The van der Waals surface area contributed by atoms with Crippen molar-refractivity contribution in [2.45, 2.75) is 63.7 Å². The number of amides is 2. The number of carbonyl (C=O) groups excluding carboxylic acids is 1. The van der Waals surface area contributed by atoms with E-state index in [0.717, 1.165) is 50.2 Å². The summed E-state index contributed by atoms with van der Waals surface area (Å²) in [5, 5.41) is 10.3. The van der Waals surface area contributed by atoms with Crippen molar-refractivity contribution in [2.24, 2.45) is 0 Å². The van der Waals surface area contributed by atoms with Crippen molar-refractivity contribution in [3.63, 3.8) is 0 Å². The van der Waals surface area contributed by atoms with Crippen LogP contribution in [0.25, 0.3) is 11.4 Å². The monoisotopic (exact) mass is 448 g/mol. The molecule has 4 rings (SSSR count). The molecule has 2 aliphatic rings. The number of rotatable bonds is 5. The summed E-state index contributed by atoms with van der Waals surface area (Å²) in [6.45, 7) is 2.48. The summed E-state index contributed by atoms with van der Waals surface area (Å²) < 4.78 is 2.43. The molecule has 1 aliphatic heterocycles. The lowest BCUT2D eigenvalue weighted by Gasteiger charge is -2.32. The fourth-order valence-electron chi connectivity index (χ4n) is 4.27. The van der Waals surface area contributed by atoms with Gasteiger partial charge in [0.2, 0.25) is 4.77 Å². The molecule has 2 heterocycles. The standard InChI is InChI=1S/C21H29ClN6OS/c22-16-8-6-15(7-9-16)19-25-21(30)28(26-19)14-27-12-10-18(11-13-27)24-20(29)23-17-4-2-1-3-5-17/h6-9,17-18H,1-5,10-14H2,(H2,23,24,29)(H,25,26,30). The van der Waals surface area contributed by atoms with Crippen LogP contribution in [0.15, 0.2) is 24.3 Å². The van der Waals surface area contributed by atoms with Crippen molar-refractivity contribution in [3.05, 3.63) is 34.1 Å². The van der Waals surface area contributed by atoms with Crippen molar-refractivity contribution in [2.75, 3.05) is 13.1 Å². The van der Waals surface area contributed by atoms with Crippen LogP contribution in [0.1, 0.15) is 44.9 Å². The third-order valence-electron chi connectivity index (χ3n) is 6.00. The van der Waals surface area contributed by atoms with Crippen LogP contribution in [-0.2, 0) is 6.67 Å². The number of nitrogens with zero attached hydrogens (tertiary/aromatic N) is 3. The number of hydrogen-bond donors (Lipinski definition) is 3. The molecule has 7 nitrogen and oxygen atoms in total. The average molecular weight is 449 g/mol. The minimum Gasteiger partial charge on any atom is -0.335 e. The zero-order valence-electron chi connectivity index (χ0n) is 17.1. The summed E-state index contributed by atoms with van der Waals surface area (Å²) in [6.07, 6.45) is 7.81. The van der Waals surface area contributed by atoms with Crippen LogP contribution in [0.2, 0.25) is 5.02 Å². The molecule has 0 bridgehead atoms. The third-order valence-corrected chi connectivity index (χ3v) is 6.57. The molecule has 1 saturated carbocycles. The summed E-state index contributed by atoms with van der Waals surface area (Å²) >= 11 is 11.4. The fraction of sp³-hybridized carbons (Fsp3) is 0.571. The largest absolute Gasteiger partial charge is 0.335 e. The number of benzene rings is 1. The van der Waals surface area contributed by atoms with Gasteiger partial charge in [-0.3, -0.25) is 10.00 Å². The van der Waals surface area contributed by atoms with Crippen LogP contribution >= 0.6 is 23.8 Å². The van der Waals surface area contributed by atoms with E-state index in [2.05, 4.69) is 25.6 Å². The van der Waals surface area contributed by atoms with Gasteiger partial charge in [-0.1, -0.05) is 30.9 Å². The first-order valence-corrected chi connectivity index (χ1v) is 11.6. The lowest BCUT2D eigenvalue weighted by Crippen LogP contribution is -2.50. The van der Waals surface area contributed by atoms with Gasteiger partial charge in [0, 0.05) is 35.8 Å². The van der Waals surface area contributed by atoms with Crippen molar-refractivity contribution >= 4 is 29.8 Å². The van der Waals surface area contributed by atoms with Gasteiger partial charge in [-0.05, 0) is 62.2 Å². The highest BCUT2D eigenvalue weighted by Gasteiger charge is 2.23. The number of nitrogens with one attached hydrogen (secondary N) is 3. The van der Waals surface area contributed by atoms with Crippen molar-refractivity contribution in [3.8, 4) is 11.4 Å². The van der Waals surface area contributed by atoms with E-state index in [9.17, 15) is 4.79 Å². The number of piperidine rings is 1. The zero-order chi connectivity index (χ0) is 20.9. The predicted molar refractivity (Wildman–Crippen MR) is 121 cm³/mol. The molecule has 0 spiro atoms. The predicted octanol–water partition coefficient (Wildman–Crippen LogP) is 4.31. The van der Waals surface area contributed by atoms with Gasteiger partial charge < -0.3 is 10.6 Å². The Morgan fingerprint density at radius 2 is 1.70 bits per heavy atom. The molecular formula is C21H29ClN6OS. The second-order valence-corrected chi connectivity index (χ2v) is 9.08. The Morgan fingerprint density at radius 3 is 2.37 bits per heavy atom. The number of halogens is 1. The minimum absolute atomic E-state index is 0.0104. The van der Waals surface area contributed by atoms with Crippen molar-refractivity contribution in [1.82, 2.24) is 30.3 Å². The van der Waals surface area contributed by atoms with Gasteiger partial charge in [0.25, 0.3) is 0 Å². The number of hydrogen-bond acceptors (Lipinski definition) is 4. The summed E-state index contributed by atoms with van der Waals surface area (Å²) in [5.74, 6) is 0.743. The lowest BCUT2D eigenvalue weighted by atomic mass is 9.96. The van der Waals surface area contributed by atoms with Crippen LogP contribution in [0, 0.1) is 4.77 Å². The van der Waals surface area contributed by atoms with Crippen LogP contribution in [0.4, 0.5) is 4.79 Å². The van der Waals surface area contributed by atoms with E-state index in [1.54, 1.807) is 0 Å². The van der Waals surface area contributed by atoms with Crippen LogP contribution in [-0.4, -0.2) is 50.9 Å². The Morgan fingerprint density at radius 1 is 1.07 bits per heavy atom. The quantitative estimate of drug-likeness (QED) is 0.595. The van der Waals surface area contributed by atoms with E-state index < -0.39 is 0 Å². The van der Waals surface area contributed by atoms with E-state index >= 15 is 0 Å². The Kier molecular flexibility index (Phi) is 7.07. The van der Waals surface area contributed by atoms with E-state index in [0.29, 0.717) is 22.5 Å². The van der Waals surface area contributed by atoms with Crippen molar-refractivity contribution in [1.29, 1.82) is 0 Å². The molecule has 2 aromatic rings. The summed E-state index contributed by atoms with van der Waals surface area (Å²) in [6, 6.07) is 8.10. The molecule has 0 unspecified atom stereocenters. The van der Waals surface area contributed by atoms with E-state index in [1.165, 1.54) is 19.3 Å². The SMILES string of the molecule is O=C(NC1CCCCC1)NC1CCN(Cn2[nH]c(-c3ccc(Cl)cc3)nc2=S)CC1. The Bertz CT molecular complexity index is 897. The number of aromatic amines is 1. The molecule has 1 aromatic carbocycles. The Balaban J connectivity index is 1.25. The van der Waals surface area contributed by atoms with E-state index in [4.69, 9.17) is 23.8 Å². The average Bonchev–Trinajstić information content (AvgIpc) is 3.11.